The Balaban J connectivity index is 1.66. The first kappa shape index (κ1) is 23.0. The number of carbonyl (C=O) groups excluding carboxylic acids is 1. The molecule has 1 saturated heterocycles. The zero-order chi connectivity index (χ0) is 22.8. The van der Waals surface area contributed by atoms with E-state index >= 15 is 0 Å². The highest BCUT2D eigenvalue weighted by Crippen LogP contribution is 2.36. The molecule has 164 valence electrons. The SMILES string of the molecule is CC1(C)OB(c2ccc(C[C@H](NC(=O)[C@@H](O)c3ccccc3)C(=O)O)cc2)OC1(C)C. The highest BCUT2D eigenvalue weighted by molar-refractivity contribution is 6.62. The van der Waals surface area contributed by atoms with Crippen LogP contribution in [0.5, 0.6) is 0 Å². The summed E-state index contributed by atoms with van der Waals surface area (Å²) in [6.45, 7) is 7.91. The van der Waals surface area contributed by atoms with Crippen LogP contribution in [0.25, 0.3) is 0 Å². The van der Waals surface area contributed by atoms with Crippen molar-refractivity contribution in [2.75, 3.05) is 0 Å². The first-order valence-corrected chi connectivity index (χ1v) is 10.2. The molecule has 0 aliphatic carbocycles. The lowest BCUT2D eigenvalue weighted by atomic mass is 9.78. The molecule has 2 atom stereocenters. The lowest BCUT2D eigenvalue weighted by molar-refractivity contribution is -0.143. The molecule has 1 aliphatic rings. The van der Waals surface area contributed by atoms with Crippen molar-refractivity contribution in [2.24, 2.45) is 0 Å². The van der Waals surface area contributed by atoms with Gasteiger partial charge in [-0.3, -0.25) is 4.79 Å². The summed E-state index contributed by atoms with van der Waals surface area (Å²) in [4.78, 5) is 24.0. The topological polar surface area (TPSA) is 105 Å². The Kier molecular flexibility index (Phi) is 6.55. The Morgan fingerprint density at radius 3 is 2.03 bits per heavy atom. The lowest BCUT2D eigenvalue weighted by Crippen LogP contribution is -2.44. The van der Waals surface area contributed by atoms with E-state index in [-0.39, 0.29) is 6.42 Å². The van der Waals surface area contributed by atoms with Crippen LogP contribution in [-0.2, 0) is 25.3 Å². The molecule has 8 heteroatoms. The fourth-order valence-corrected chi connectivity index (χ4v) is 3.26. The third kappa shape index (κ3) is 5.15. The third-order valence-corrected chi connectivity index (χ3v) is 5.92. The van der Waals surface area contributed by atoms with Gasteiger partial charge >= 0.3 is 13.1 Å². The smallest absolute Gasteiger partial charge is 0.480 e. The van der Waals surface area contributed by atoms with Gasteiger partial charge in [-0.2, -0.15) is 0 Å². The molecule has 0 aromatic heterocycles. The maximum absolute atomic E-state index is 12.3. The highest BCUT2D eigenvalue weighted by atomic mass is 16.7. The molecule has 1 fully saturated rings. The van der Waals surface area contributed by atoms with E-state index < -0.39 is 42.3 Å². The standard InChI is InChI=1S/C23H28BNO6/c1-22(2)23(3,4)31-24(30-22)17-12-10-15(11-13-17)14-18(21(28)29)25-20(27)19(26)16-8-6-5-7-9-16/h5-13,18-19,26H,14H2,1-4H3,(H,25,27)(H,28,29)/t18-,19-/m0/s1. The van der Waals surface area contributed by atoms with Gasteiger partial charge in [-0.15, -0.1) is 0 Å². The number of aliphatic hydroxyl groups is 1. The molecule has 0 unspecified atom stereocenters. The van der Waals surface area contributed by atoms with Crippen LogP contribution in [0, 0.1) is 0 Å². The fourth-order valence-electron chi connectivity index (χ4n) is 3.26. The van der Waals surface area contributed by atoms with Crippen LogP contribution in [-0.4, -0.2) is 46.5 Å². The van der Waals surface area contributed by atoms with Crippen molar-refractivity contribution >= 4 is 24.5 Å². The molecule has 2 aromatic rings. The Morgan fingerprint density at radius 2 is 1.52 bits per heavy atom. The van der Waals surface area contributed by atoms with E-state index in [0.717, 1.165) is 11.0 Å². The molecule has 1 heterocycles. The van der Waals surface area contributed by atoms with Crippen LogP contribution in [0.2, 0.25) is 0 Å². The zero-order valence-corrected chi connectivity index (χ0v) is 18.2. The summed E-state index contributed by atoms with van der Waals surface area (Å²) >= 11 is 0. The van der Waals surface area contributed by atoms with E-state index in [1.807, 2.05) is 39.8 Å². The molecule has 2 aromatic carbocycles. The van der Waals surface area contributed by atoms with Gasteiger partial charge in [0.15, 0.2) is 6.10 Å². The summed E-state index contributed by atoms with van der Waals surface area (Å²) in [5.74, 6) is -1.93. The predicted molar refractivity (Wildman–Crippen MR) is 117 cm³/mol. The number of carboxylic acid groups (broad SMARTS) is 1. The molecule has 3 rings (SSSR count). The van der Waals surface area contributed by atoms with Crippen molar-refractivity contribution in [3.63, 3.8) is 0 Å². The number of carbonyl (C=O) groups is 2. The van der Waals surface area contributed by atoms with Crippen LogP contribution >= 0.6 is 0 Å². The van der Waals surface area contributed by atoms with Crippen LogP contribution < -0.4 is 10.8 Å². The number of carboxylic acids is 1. The molecule has 3 N–H and O–H groups in total. The largest absolute Gasteiger partial charge is 0.494 e. The van der Waals surface area contributed by atoms with Gasteiger partial charge in [0.25, 0.3) is 5.91 Å². The molecule has 0 saturated carbocycles. The van der Waals surface area contributed by atoms with Crippen molar-refractivity contribution < 1.29 is 29.1 Å². The molecular weight excluding hydrogens is 397 g/mol. The number of amides is 1. The van der Waals surface area contributed by atoms with E-state index in [0.29, 0.717) is 5.56 Å². The summed E-state index contributed by atoms with van der Waals surface area (Å²) in [5, 5.41) is 22.2. The van der Waals surface area contributed by atoms with E-state index in [1.54, 1.807) is 42.5 Å². The van der Waals surface area contributed by atoms with Crippen LogP contribution in [0.15, 0.2) is 54.6 Å². The zero-order valence-electron chi connectivity index (χ0n) is 18.2. The monoisotopic (exact) mass is 425 g/mol. The number of aliphatic carboxylic acids is 1. The van der Waals surface area contributed by atoms with Gasteiger partial charge in [-0.05, 0) is 44.3 Å². The summed E-state index contributed by atoms with van der Waals surface area (Å²) < 4.78 is 12.1. The summed E-state index contributed by atoms with van der Waals surface area (Å²) in [7, 11) is -0.505. The molecule has 0 bridgehead atoms. The Hall–Kier alpha value is -2.68. The average Bonchev–Trinajstić information content (AvgIpc) is 2.95. The molecule has 0 spiro atoms. The summed E-state index contributed by atoms with van der Waals surface area (Å²) in [6, 6.07) is 14.4. The second-order valence-electron chi connectivity index (χ2n) is 8.75. The number of hydrogen-bond donors (Lipinski definition) is 3. The van der Waals surface area contributed by atoms with Crippen molar-refractivity contribution in [1.29, 1.82) is 0 Å². The van der Waals surface area contributed by atoms with Gasteiger partial charge in [-0.1, -0.05) is 54.6 Å². The van der Waals surface area contributed by atoms with Gasteiger partial charge in [-0.25, -0.2) is 4.79 Å². The first-order chi connectivity index (χ1) is 14.5. The van der Waals surface area contributed by atoms with Crippen LogP contribution in [0.3, 0.4) is 0 Å². The number of aliphatic hydroxyl groups excluding tert-OH is 1. The van der Waals surface area contributed by atoms with Crippen molar-refractivity contribution in [3.8, 4) is 0 Å². The Morgan fingerprint density at radius 1 is 0.968 bits per heavy atom. The lowest BCUT2D eigenvalue weighted by Gasteiger charge is -2.32. The van der Waals surface area contributed by atoms with Crippen molar-refractivity contribution in [2.45, 2.75) is 57.5 Å². The van der Waals surface area contributed by atoms with Crippen LogP contribution in [0.4, 0.5) is 0 Å². The molecule has 31 heavy (non-hydrogen) atoms. The minimum absolute atomic E-state index is 0.0756. The molecule has 1 aliphatic heterocycles. The minimum Gasteiger partial charge on any atom is -0.480 e. The van der Waals surface area contributed by atoms with Crippen molar-refractivity contribution in [3.05, 3.63) is 65.7 Å². The van der Waals surface area contributed by atoms with Gasteiger partial charge in [0.2, 0.25) is 0 Å². The summed E-state index contributed by atoms with van der Waals surface area (Å²) in [5.41, 5.74) is 1.05. The maximum Gasteiger partial charge on any atom is 0.494 e. The van der Waals surface area contributed by atoms with Crippen LogP contribution in [0.1, 0.15) is 44.9 Å². The normalized spacial score (nSPS) is 18.9. The van der Waals surface area contributed by atoms with E-state index in [1.165, 1.54) is 0 Å². The molecule has 7 nitrogen and oxygen atoms in total. The molecule has 0 radical (unpaired) electrons. The van der Waals surface area contributed by atoms with Gasteiger partial charge in [0.05, 0.1) is 11.2 Å². The van der Waals surface area contributed by atoms with E-state index in [2.05, 4.69) is 5.32 Å². The average molecular weight is 425 g/mol. The van der Waals surface area contributed by atoms with Gasteiger partial charge in [0, 0.05) is 6.42 Å². The van der Waals surface area contributed by atoms with Gasteiger partial charge in [0.1, 0.15) is 6.04 Å². The molecule has 1 amide bonds. The second-order valence-corrected chi connectivity index (χ2v) is 8.75. The number of nitrogens with one attached hydrogen (secondary N) is 1. The van der Waals surface area contributed by atoms with E-state index in [9.17, 15) is 19.8 Å². The van der Waals surface area contributed by atoms with E-state index in [4.69, 9.17) is 9.31 Å². The Bertz CT molecular complexity index is 913. The highest BCUT2D eigenvalue weighted by Gasteiger charge is 2.51. The Labute approximate surface area is 182 Å². The van der Waals surface area contributed by atoms with Gasteiger partial charge < -0.3 is 24.8 Å². The number of benzene rings is 2. The minimum atomic E-state index is -1.44. The first-order valence-electron chi connectivity index (χ1n) is 10.2. The quantitative estimate of drug-likeness (QED) is 0.585. The van der Waals surface area contributed by atoms with Crippen molar-refractivity contribution in [1.82, 2.24) is 5.32 Å². The third-order valence-electron chi connectivity index (χ3n) is 5.92. The fraction of sp³-hybridized carbons (Fsp3) is 0.391. The second kappa shape index (κ2) is 8.82. The summed E-state index contributed by atoms with van der Waals surface area (Å²) in [6.07, 6.45) is -1.36. The molecular formula is C23H28BNO6. The predicted octanol–water partition coefficient (Wildman–Crippen LogP) is 1.83. The number of rotatable bonds is 7. The maximum atomic E-state index is 12.3. The number of hydrogen-bond acceptors (Lipinski definition) is 5.